The molecule has 106 valence electrons. The molecule has 0 aromatic carbocycles. The zero-order valence-corrected chi connectivity index (χ0v) is 11.5. The molecule has 1 aromatic heterocycles. The molecule has 1 unspecified atom stereocenters. The number of carboxylic acid groups (broad SMARTS) is 1. The van der Waals surface area contributed by atoms with Crippen molar-refractivity contribution < 1.29 is 19.4 Å². The predicted molar refractivity (Wildman–Crippen MR) is 67.4 cm³/mol. The maximum atomic E-state index is 11.8. The van der Waals surface area contributed by atoms with Crippen LogP contribution in [0.25, 0.3) is 0 Å². The number of carbonyl (C=O) groups is 2. The Morgan fingerprint density at radius 1 is 1.58 bits per heavy atom. The van der Waals surface area contributed by atoms with Gasteiger partial charge in [0.05, 0.1) is 18.2 Å². The average molecular weight is 269 g/mol. The first-order valence-corrected chi connectivity index (χ1v) is 5.81. The van der Waals surface area contributed by atoms with Crippen molar-refractivity contribution in [2.45, 2.75) is 31.9 Å². The molecule has 1 amide bonds. The molecule has 1 atom stereocenters. The van der Waals surface area contributed by atoms with Crippen molar-refractivity contribution in [3.63, 3.8) is 0 Å². The van der Waals surface area contributed by atoms with Crippen molar-refractivity contribution >= 4 is 11.9 Å². The maximum absolute atomic E-state index is 11.8. The molecular weight excluding hydrogens is 250 g/mol. The summed E-state index contributed by atoms with van der Waals surface area (Å²) in [6.07, 6.45) is 3.05. The van der Waals surface area contributed by atoms with Gasteiger partial charge in [-0.25, -0.2) is 4.79 Å². The Balaban J connectivity index is 2.75. The normalized spacial score (nSPS) is 13.1. The molecular formula is C12H19N3O4. The highest BCUT2D eigenvalue weighted by atomic mass is 16.5. The van der Waals surface area contributed by atoms with Gasteiger partial charge < -0.3 is 15.2 Å². The number of amides is 1. The predicted octanol–water partition coefficient (Wildman–Crippen LogP) is 0.477. The van der Waals surface area contributed by atoms with Gasteiger partial charge in [0, 0.05) is 25.9 Å². The number of aromatic nitrogens is 2. The largest absolute Gasteiger partial charge is 0.479 e. The van der Waals surface area contributed by atoms with E-state index in [1.54, 1.807) is 27.1 Å². The van der Waals surface area contributed by atoms with Crippen LogP contribution in [0.2, 0.25) is 0 Å². The van der Waals surface area contributed by atoms with Gasteiger partial charge in [-0.15, -0.1) is 0 Å². The SMILES string of the molecule is COC(C)(C)CC(=O)NC(C(=O)O)c1cnn(C)c1. The first-order chi connectivity index (χ1) is 8.75. The van der Waals surface area contributed by atoms with Gasteiger partial charge in [-0.1, -0.05) is 0 Å². The zero-order chi connectivity index (χ0) is 14.6. The van der Waals surface area contributed by atoms with Crippen molar-refractivity contribution in [2.75, 3.05) is 7.11 Å². The molecule has 0 aliphatic carbocycles. The molecule has 0 aliphatic heterocycles. The summed E-state index contributed by atoms with van der Waals surface area (Å²) in [7, 11) is 3.18. The van der Waals surface area contributed by atoms with Crippen LogP contribution in [0.1, 0.15) is 31.9 Å². The number of rotatable bonds is 6. The number of hydrogen-bond acceptors (Lipinski definition) is 4. The second-order valence-electron chi connectivity index (χ2n) is 4.93. The first-order valence-electron chi connectivity index (χ1n) is 5.81. The third-order valence-corrected chi connectivity index (χ3v) is 2.75. The molecule has 19 heavy (non-hydrogen) atoms. The standard InChI is InChI=1S/C12H19N3O4/c1-12(2,19-4)5-9(16)14-10(11(17)18)8-6-13-15(3)7-8/h6-7,10H,5H2,1-4H3,(H,14,16)(H,17,18). The number of methoxy groups -OCH3 is 1. The number of aryl methyl sites for hydroxylation is 1. The van der Waals surface area contributed by atoms with E-state index in [9.17, 15) is 9.59 Å². The van der Waals surface area contributed by atoms with Crippen LogP contribution in [0.3, 0.4) is 0 Å². The molecule has 0 fully saturated rings. The average Bonchev–Trinajstić information content (AvgIpc) is 2.71. The highest BCUT2D eigenvalue weighted by Gasteiger charge is 2.27. The van der Waals surface area contributed by atoms with Crippen LogP contribution in [0, 0.1) is 0 Å². The second-order valence-corrected chi connectivity index (χ2v) is 4.93. The fraction of sp³-hybridized carbons (Fsp3) is 0.583. The molecule has 0 saturated heterocycles. The van der Waals surface area contributed by atoms with Crippen LogP contribution >= 0.6 is 0 Å². The van der Waals surface area contributed by atoms with Crippen molar-refractivity contribution in [1.29, 1.82) is 0 Å². The van der Waals surface area contributed by atoms with Gasteiger partial charge in [0.15, 0.2) is 6.04 Å². The zero-order valence-electron chi connectivity index (χ0n) is 11.5. The minimum Gasteiger partial charge on any atom is -0.479 e. The smallest absolute Gasteiger partial charge is 0.331 e. The Hall–Kier alpha value is -1.89. The Kier molecular flexibility index (Phi) is 4.66. The van der Waals surface area contributed by atoms with Crippen molar-refractivity contribution in [2.24, 2.45) is 7.05 Å². The van der Waals surface area contributed by atoms with Gasteiger partial charge in [0.1, 0.15) is 0 Å². The number of aliphatic carboxylic acids is 1. The van der Waals surface area contributed by atoms with Crippen molar-refractivity contribution in [3.05, 3.63) is 18.0 Å². The Morgan fingerprint density at radius 2 is 2.21 bits per heavy atom. The van der Waals surface area contributed by atoms with Gasteiger partial charge in [-0.05, 0) is 13.8 Å². The summed E-state index contributed by atoms with van der Waals surface area (Å²) < 4.78 is 6.62. The first kappa shape index (κ1) is 15.2. The number of nitrogens with zero attached hydrogens (tertiary/aromatic N) is 2. The van der Waals surface area contributed by atoms with Gasteiger partial charge in [0.2, 0.25) is 5.91 Å². The molecule has 0 aliphatic rings. The minimum absolute atomic E-state index is 0.0769. The Morgan fingerprint density at radius 3 is 2.63 bits per heavy atom. The lowest BCUT2D eigenvalue weighted by molar-refractivity contribution is -0.143. The van der Waals surface area contributed by atoms with Crippen molar-refractivity contribution in [3.8, 4) is 0 Å². The third-order valence-electron chi connectivity index (χ3n) is 2.75. The molecule has 1 aromatic rings. The van der Waals surface area contributed by atoms with E-state index >= 15 is 0 Å². The maximum Gasteiger partial charge on any atom is 0.331 e. The van der Waals surface area contributed by atoms with E-state index in [4.69, 9.17) is 9.84 Å². The van der Waals surface area contributed by atoms with Gasteiger partial charge in [0.25, 0.3) is 0 Å². The summed E-state index contributed by atoms with van der Waals surface area (Å²) >= 11 is 0. The molecule has 0 bridgehead atoms. The van der Waals surface area contributed by atoms with Crippen molar-refractivity contribution in [1.82, 2.24) is 15.1 Å². The molecule has 7 heteroatoms. The third kappa shape index (κ3) is 4.36. The van der Waals surface area contributed by atoms with Gasteiger partial charge >= 0.3 is 5.97 Å². The van der Waals surface area contributed by atoms with E-state index in [1.807, 2.05) is 0 Å². The van der Waals surface area contributed by atoms with Gasteiger partial charge in [-0.2, -0.15) is 5.10 Å². The summed E-state index contributed by atoms with van der Waals surface area (Å²) in [6.45, 7) is 3.51. The van der Waals surface area contributed by atoms with Gasteiger partial charge in [-0.3, -0.25) is 9.48 Å². The second kappa shape index (κ2) is 5.83. The van der Waals surface area contributed by atoms with E-state index in [0.717, 1.165) is 0 Å². The summed E-state index contributed by atoms with van der Waals surface area (Å²) in [5.41, 5.74) is -0.208. The Labute approximate surface area is 111 Å². The van der Waals surface area contributed by atoms with E-state index in [-0.39, 0.29) is 12.3 Å². The summed E-state index contributed by atoms with van der Waals surface area (Å²) in [5, 5.41) is 15.5. The molecule has 2 N–H and O–H groups in total. The van der Waals surface area contributed by atoms with Crippen LogP contribution in [-0.4, -0.2) is 39.5 Å². The molecule has 7 nitrogen and oxygen atoms in total. The number of carboxylic acids is 1. The van der Waals surface area contributed by atoms with Crippen LogP contribution < -0.4 is 5.32 Å². The molecule has 0 radical (unpaired) electrons. The van der Waals surface area contributed by atoms with Crippen LogP contribution in [0.15, 0.2) is 12.4 Å². The molecule has 0 spiro atoms. The minimum atomic E-state index is -1.13. The molecule has 1 rings (SSSR count). The van der Waals surface area contributed by atoms with Crippen LogP contribution in [0.4, 0.5) is 0 Å². The lowest BCUT2D eigenvalue weighted by atomic mass is 10.0. The highest BCUT2D eigenvalue weighted by molar-refractivity contribution is 5.84. The Bertz CT molecular complexity index is 467. The summed E-state index contributed by atoms with van der Waals surface area (Å²) in [5.74, 6) is -1.51. The lowest BCUT2D eigenvalue weighted by Crippen LogP contribution is -2.38. The fourth-order valence-electron chi connectivity index (χ4n) is 1.55. The monoisotopic (exact) mass is 269 g/mol. The number of hydrogen-bond donors (Lipinski definition) is 2. The fourth-order valence-corrected chi connectivity index (χ4v) is 1.55. The van der Waals surface area contributed by atoms with Crippen LogP contribution in [0.5, 0.6) is 0 Å². The number of carbonyl (C=O) groups excluding carboxylic acids is 1. The highest BCUT2D eigenvalue weighted by Crippen LogP contribution is 2.16. The topological polar surface area (TPSA) is 93.4 Å². The molecule has 1 heterocycles. The quantitative estimate of drug-likeness (QED) is 0.783. The lowest BCUT2D eigenvalue weighted by Gasteiger charge is -2.23. The van der Waals surface area contributed by atoms with E-state index in [0.29, 0.717) is 5.56 Å². The summed E-state index contributed by atoms with van der Waals surface area (Å²) in [4.78, 5) is 23.0. The van der Waals surface area contributed by atoms with E-state index < -0.39 is 17.6 Å². The summed E-state index contributed by atoms with van der Waals surface area (Å²) in [6, 6.07) is -1.10. The van der Waals surface area contributed by atoms with E-state index in [1.165, 1.54) is 18.0 Å². The molecule has 0 saturated carbocycles. The number of nitrogens with one attached hydrogen (secondary N) is 1. The van der Waals surface area contributed by atoms with E-state index in [2.05, 4.69) is 10.4 Å². The number of ether oxygens (including phenoxy) is 1. The van der Waals surface area contributed by atoms with Crippen LogP contribution in [-0.2, 0) is 21.4 Å².